The molecule has 108 valence electrons. The third-order valence-electron chi connectivity index (χ3n) is 5.02. The molecule has 2 N–H and O–H groups in total. The summed E-state index contributed by atoms with van der Waals surface area (Å²) in [6, 6.07) is 6.02. The number of benzene rings is 1. The average Bonchev–Trinajstić information content (AvgIpc) is 3.25. The second-order valence-electron chi connectivity index (χ2n) is 6.60. The fraction of sp³-hybridized carbons (Fsp3) is 0.588. The van der Waals surface area contributed by atoms with E-state index in [2.05, 4.69) is 24.5 Å². The van der Waals surface area contributed by atoms with E-state index in [4.69, 9.17) is 0 Å². The lowest BCUT2D eigenvalue weighted by Gasteiger charge is -2.21. The molecule has 1 aromatic rings. The Morgan fingerprint density at radius 2 is 2.20 bits per heavy atom. The molecule has 0 radical (unpaired) electrons. The van der Waals surface area contributed by atoms with Crippen LogP contribution in [0.25, 0.3) is 0 Å². The first-order chi connectivity index (χ1) is 9.61. The highest BCUT2D eigenvalue weighted by Crippen LogP contribution is 2.51. The fourth-order valence-corrected chi connectivity index (χ4v) is 3.09. The molecule has 0 bridgehead atoms. The van der Waals surface area contributed by atoms with Gasteiger partial charge in [0.1, 0.15) is 0 Å². The van der Waals surface area contributed by atoms with Crippen LogP contribution in [0.5, 0.6) is 0 Å². The van der Waals surface area contributed by atoms with Gasteiger partial charge in [0.15, 0.2) is 0 Å². The summed E-state index contributed by atoms with van der Waals surface area (Å²) < 4.78 is 0. The highest BCUT2D eigenvalue weighted by Gasteiger charge is 2.45. The molecule has 1 amide bonds. The molecule has 0 saturated heterocycles. The predicted octanol–water partition coefficient (Wildman–Crippen LogP) is 3.21. The van der Waals surface area contributed by atoms with Crippen molar-refractivity contribution in [2.75, 3.05) is 18.4 Å². The van der Waals surface area contributed by atoms with Crippen LogP contribution in [0.15, 0.2) is 18.2 Å². The number of amides is 1. The van der Waals surface area contributed by atoms with E-state index in [-0.39, 0.29) is 5.91 Å². The number of hydrogen-bond donors (Lipinski definition) is 2. The zero-order valence-electron chi connectivity index (χ0n) is 12.5. The topological polar surface area (TPSA) is 41.1 Å². The second kappa shape index (κ2) is 5.12. The Kier molecular flexibility index (Phi) is 3.45. The molecule has 1 saturated carbocycles. The highest BCUT2D eigenvalue weighted by molar-refractivity contribution is 5.95. The standard InChI is InChI=1S/C17H24N2O/c1-12(2)17(7-8-17)11-19-16(20)14-5-6-15-13(10-14)4-3-9-18-15/h5-6,10,12,18H,3-4,7-9,11H2,1-2H3,(H,19,20). The van der Waals surface area contributed by atoms with Gasteiger partial charge in [-0.15, -0.1) is 0 Å². The van der Waals surface area contributed by atoms with E-state index in [1.807, 2.05) is 18.2 Å². The Morgan fingerprint density at radius 3 is 2.90 bits per heavy atom. The number of rotatable bonds is 4. The van der Waals surface area contributed by atoms with Gasteiger partial charge in [-0.25, -0.2) is 0 Å². The molecule has 0 aromatic heterocycles. The Bertz CT molecular complexity index is 518. The van der Waals surface area contributed by atoms with Crippen molar-refractivity contribution in [1.29, 1.82) is 0 Å². The average molecular weight is 272 g/mol. The van der Waals surface area contributed by atoms with Crippen molar-refractivity contribution >= 4 is 11.6 Å². The van der Waals surface area contributed by atoms with E-state index in [0.29, 0.717) is 11.3 Å². The summed E-state index contributed by atoms with van der Waals surface area (Å²) in [7, 11) is 0. The zero-order chi connectivity index (χ0) is 14.2. The Labute approximate surface area is 121 Å². The molecule has 1 fully saturated rings. The minimum absolute atomic E-state index is 0.0744. The van der Waals surface area contributed by atoms with Crippen molar-refractivity contribution in [3.05, 3.63) is 29.3 Å². The second-order valence-corrected chi connectivity index (χ2v) is 6.60. The molecule has 3 rings (SSSR count). The minimum atomic E-state index is 0.0744. The van der Waals surface area contributed by atoms with Crippen LogP contribution in [0, 0.1) is 11.3 Å². The maximum absolute atomic E-state index is 12.3. The van der Waals surface area contributed by atoms with Crippen LogP contribution in [0.3, 0.4) is 0 Å². The maximum Gasteiger partial charge on any atom is 0.251 e. The smallest absolute Gasteiger partial charge is 0.251 e. The minimum Gasteiger partial charge on any atom is -0.385 e. The van der Waals surface area contributed by atoms with Gasteiger partial charge in [-0.2, -0.15) is 0 Å². The van der Waals surface area contributed by atoms with Crippen LogP contribution in [0.2, 0.25) is 0 Å². The lowest BCUT2D eigenvalue weighted by atomic mass is 9.92. The maximum atomic E-state index is 12.3. The van der Waals surface area contributed by atoms with Crippen LogP contribution in [-0.2, 0) is 6.42 Å². The molecular formula is C17H24N2O. The van der Waals surface area contributed by atoms with Gasteiger partial charge in [0, 0.05) is 24.3 Å². The number of nitrogens with one attached hydrogen (secondary N) is 2. The van der Waals surface area contributed by atoms with Gasteiger partial charge in [0.25, 0.3) is 5.91 Å². The molecule has 1 aliphatic heterocycles. The number of fused-ring (bicyclic) bond motifs is 1. The van der Waals surface area contributed by atoms with Gasteiger partial charge in [0.2, 0.25) is 0 Å². The summed E-state index contributed by atoms with van der Waals surface area (Å²) in [6.07, 6.45) is 4.71. The summed E-state index contributed by atoms with van der Waals surface area (Å²) in [5.41, 5.74) is 3.63. The van der Waals surface area contributed by atoms with E-state index in [0.717, 1.165) is 31.5 Å². The quantitative estimate of drug-likeness (QED) is 0.883. The van der Waals surface area contributed by atoms with Crippen LogP contribution in [0.4, 0.5) is 5.69 Å². The molecule has 1 heterocycles. The first kappa shape index (κ1) is 13.5. The normalized spacial score (nSPS) is 19.1. The van der Waals surface area contributed by atoms with E-state index in [1.54, 1.807) is 0 Å². The molecule has 20 heavy (non-hydrogen) atoms. The van der Waals surface area contributed by atoms with Gasteiger partial charge >= 0.3 is 0 Å². The molecule has 0 spiro atoms. The molecular weight excluding hydrogens is 248 g/mol. The highest BCUT2D eigenvalue weighted by atomic mass is 16.1. The van der Waals surface area contributed by atoms with Crippen LogP contribution in [-0.4, -0.2) is 19.0 Å². The Morgan fingerprint density at radius 1 is 1.40 bits per heavy atom. The van der Waals surface area contributed by atoms with Gasteiger partial charge in [-0.3, -0.25) is 4.79 Å². The lowest BCUT2D eigenvalue weighted by Crippen LogP contribution is -2.32. The fourth-order valence-electron chi connectivity index (χ4n) is 3.09. The third-order valence-corrected chi connectivity index (χ3v) is 5.02. The number of hydrogen-bond acceptors (Lipinski definition) is 2. The van der Waals surface area contributed by atoms with Gasteiger partial charge < -0.3 is 10.6 Å². The zero-order valence-corrected chi connectivity index (χ0v) is 12.5. The van der Waals surface area contributed by atoms with E-state index in [1.165, 1.54) is 24.1 Å². The van der Waals surface area contributed by atoms with Gasteiger partial charge in [-0.05, 0) is 60.8 Å². The van der Waals surface area contributed by atoms with E-state index < -0.39 is 0 Å². The Hall–Kier alpha value is -1.51. The van der Waals surface area contributed by atoms with E-state index in [9.17, 15) is 4.79 Å². The van der Waals surface area contributed by atoms with Crippen molar-refractivity contribution in [3.63, 3.8) is 0 Å². The van der Waals surface area contributed by atoms with Crippen LogP contribution < -0.4 is 10.6 Å². The summed E-state index contributed by atoms with van der Waals surface area (Å²) in [6.45, 7) is 6.36. The van der Waals surface area contributed by atoms with Crippen molar-refractivity contribution in [1.82, 2.24) is 5.32 Å². The van der Waals surface area contributed by atoms with Crippen molar-refractivity contribution in [3.8, 4) is 0 Å². The van der Waals surface area contributed by atoms with Crippen molar-refractivity contribution in [2.24, 2.45) is 11.3 Å². The predicted molar refractivity (Wildman–Crippen MR) is 82.1 cm³/mol. The number of carbonyl (C=O) groups is 1. The third kappa shape index (κ3) is 2.54. The van der Waals surface area contributed by atoms with Gasteiger partial charge in [-0.1, -0.05) is 13.8 Å². The molecule has 3 nitrogen and oxygen atoms in total. The van der Waals surface area contributed by atoms with E-state index >= 15 is 0 Å². The molecule has 1 aromatic carbocycles. The summed E-state index contributed by atoms with van der Waals surface area (Å²) >= 11 is 0. The summed E-state index contributed by atoms with van der Waals surface area (Å²) in [5.74, 6) is 0.723. The van der Waals surface area contributed by atoms with Crippen molar-refractivity contribution < 1.29 is 4.79 Å². The largest absolute Gasteiger partial charge is 0.385 e. The number of carbonyl (C=O) groups excluding carboxylic acids is 1. The molecule has 0 unspecified atom stereocenters. The molecule has 2 aliphatic rings. The van der Waals surface area contributed by atoms with Gasteiger partial charge in [0.05, 0.1) is 0 Å². The summed E-state index contributed by atoms with van der Waals surface area (Å²) in [4.78, 5) is 12.3. The number of anilines is 1. The summed E-state index contributed by atoms with van der Waals surface area (Å²) in [5, 5.41) is 6.51. The molecule has 0 atom stereocenters. The van der Waals surface area contributed by atoms with Crippen LogP contribution >= 0.6 is 0 Å². The van der Waals surface area contributed by atoms with Crippen molar-refractivity contribution in [2.45, 2.75) is 39.5 Å². The number of aryl methyl sites for hydroxylation is 1. The Balaban J connectivity index is 1.65. The first-order valence-corrected chi connectivity index (χ1v) is 7.76. The SMILES string of the molecule is CC(C)C1(CNC(=O)c2ccc3c(c2)CCCN3)CC1. The molecule has 1 aliphatic carbocycles. The first-order valence-electron chi connectivity index (χ1n) is 7.76. The lowest BCUT2D eigenvalue weighted by molar-refractivity contribution is 0.0939. The molecule has 3 heteroatoms. The van der Waals surface area contributed by atoms with Crippen LogP contribution in [0.1, 0.15) is 49.0 Å². The monoisotopic (exact) mass is 272 g/mol.